The Kier molecular flexibility index (Phi) is 7.21. The molecule has 26 heavy (non-hydrogen) atoms. The molecule has 0 unspecified atom stereocenters. The van der Waals surface area contributed by atoms with Crippen molar-refractivity contribution >= 4 is 17.5 Å². The van der Waals surface area contributed by atoms with E-state index in [2.05, 4.69) is 17.6 Å². The van der Waals surface area contributed by atoms with Gasteiger partial charge in [-0.25, -0.2) is 0 Å². The predicted octanol–water partition coefficient (Wildman–Crippen LogP) is 3.93. The van der Waals surface area contributed by atoms with E-state index in [1.165, 1.54) is 0 Å². The summed E-state index contributed by atoms with van der Waals surface area (Å²) in [5.41, 5.74) is 2.04. The number of carbonyl (C=O) groups is 2. The Labute approximate surface area is 154 Å². The topological polar surface area (TPSA) is 67.4 Å². The molecule has 0 radical (unpaired) electrons. The van der Waals surface area contributed by atoms with Gasteiger partial charge in [0.1, 0.15) is 5.75 Å². The van der Waals surface area contributed by atoms with E-state index in [1.54, 1.807) is 31.2 Å². The van der Waals surface area contributed by atoms with E-state index >= 15 is 0 Å². The Hall–Kier alpha value is -2.82. The first-order chi connectivity index (χ1) is 12.5. The average Bonchev–Trinajstić information content (AvgIpc) is 2.64. The van der Waals surface area contributed by atoms with Crippen molar-refractivity contribution in [1.82, 2.24) is 5.32 Å². The zero-order valence-electron chi connectivity index (χ0n) is 15.5. The molecule has 2 N–H and O–H groups in total. The number of nitrogens with one attached hydrogen (secondary N) is 2. The van der Waals surface area contributed by atoms with Gasteiger partial charge in [0.2, 0.25) is 0 Å². The third-order valence-electron chi connectivity index (χ3n) is 3.95. The van der Waals surface area contributed by atoms with Gasteiger partial charge < -0.3 is 15.4 Å². The first-order valence-electron chi connectivity index (χ1n) is 8.92. The van der Waals surface area contributed by atoms with Crippen LogP contribution >= 0.6 is 0 Å². The van der Waals surface area contributed by atoms with Crippen LogP contribution in [0.5, 0.6) is 5.75 Å². The third-order valence-corrected chi connectivity index (χ3v) is 3.95. The van der Waals surface area contributed by atoms with Crippen LogP contribution in [-0.2, 0) is 4.79 Å². The average molecular weight is 354 g/mol. The molecule has 0 fully saturated rings. The van der Waals surface area contributed by atoms with Crippen molar-refractivity contribution in [2.45, 2.75) is 39.7 Å². The second-order valence-electron chi connectivity index (χ2n) is 6.22. The van der Waals surface area contributed by atoms with Gasteiger partial charge in [-0.05, 0) is 44.5 Å². The van der Waals surface area contributed by atoms with Gasteiger partial charge in [-0.3, -0.25) is 9.59 Å². The van der Waals surface area contributed by atoms with Crippen molar-refractivity contribution < 1.29 is 14.3 Å². The van der Waals surface area contributed by atoms with Crippen LogP contribution in [0.15, 0.2) is 48.5 Å². The molecule has 0 aliphatic carbocycles. The lowest BCUT2D eigenvalue weighted by atomic mass is 10.1. The van der Waals surface area contributed by atoms with Crippen LogP contribution in [0.1, 0.15) is 42.6 Å². The summed E-state index contributed by atoms with van der Waals surface area (Å²) >= 11 is 0. The molecule has 5 nitrogen and oxygen atoms in total. The molecule has 0 aliphatic rings. The van der Waals surface area contributed by atoms with Gasteiger partial charge in [-0.15, -0.1) is 0 Å². The molecule has 0 aliphatic heterocycles. The monoisotopic (exact) mass is 354 g/mol. The van der Waals surface area contributed by atoms with Crippen molar-refractivity contribution in [1.29, 1.82) is 0 Å². The second kappa shape index (κ2) is 9.61. The number of hydrogen-bond donors (Lipinski definition) is 2. The van der Waals surface area contributed by atoms with E-state index in [0.717, 1.165) is 18.4 Å². The molecule has 0 saturated carbocycles. The molecule has 2 aromatic carbocycles. The number of rotatable bonds is 8. The van der Waals surface area contributed by atoms with Gasteiger partial charge in [0.05, 0.1) is 11.3 Å². The first kappa shape index (κ1) is 19.5. The lowest BCUT2D eigenvalue weighted by molar-refractivity contribution is -0.122. The number of unbranched alkanes of at least 4 members (excludes halogenated alkanes) is 1. The molecule has 0 aromatic heterocycles. The molecule has 138 valence electrons. The molecule has 2 aromatic rings. The van der Waals surface area contributed by atoms with Crippen LogP contribution in [-0.4, -0.2) is 24.5 Å². The molecule has 0 bridgehead atoms. The van der Waals surface area contributed by atoms with Crippen LogP contribution in [0.3, 0.4) is 0 Å². The van der Waals surface area contributed by atoms with E-state index in [4.69, 9.17) is 4.74 Å². The summed E-state index contributed by atoms with van der Waals surface area (Å²) in [5.74, 6) is 0.129. The highest BCUT2D eigenvalue weighted by molar-refractivity contribution is 6.04. The Morgan fingerprint density at radius 1 is 1.08 bits per heavy atom. The zero-order valence-corrected chi connectivity index (χ0v) is 15.5. The van der Waals surface area contributed by atoms with E-state index < -0.39 is 6.10 Å². The van der Waals surface area contributed by atoms with Crippen molar-refractivity contribution in [3.05, 3.63) is 59.7 Å². The summed E-state index contributed by atoms with van der Waals surface area (Å²) < 4.78 is 5.67. The quantitative estimate of drug-likeness (QED) is 0.706. The van der Waals surface area contributed by atoms with Crippen LogP contribution in [0.2, 0.25) is 0 Å². The fourth-order valence-corrected chi connectivity index (χ4v) is 2.37. The minimum atomic E-state index is -0.686. The molecular weight excluding hydrogens is 328 g/mol. The van der Waals surface area contributed by atoms with Crippen LogP contribution in [0, 0.1) is 6.92 Å². The highest BCUT2D eigenvalue weighted by Gasteiger charge is 2.18. The maximum Gasteiger partial charge on any atom is 0.265 e. The summed E-state index contributed by atoms with van der Waals surface area (Å²) in [4.78, 5) is 24.8. The van der Waals surface area contributed by atoms with Gasteiger partial charge >= 0.3 is 0 Å². The van der Waals surface area contributed by atoms with Gasteiger partial charge in [0.25, 0.3) is 11.8 Å². The molecule has 1 atom stereocenters. The molecule has 2 rings (SSSR count). The van der Waals surface area contributed by atoms with Crippen molar-refractivity contribution in [3.8, 4) is 5.75 Å². The van der Waals surface area contributed by atoms with Crippen molar-refractivity contribution in [2.75, 3.05) is 11.9 Å². The fraction of sp³-hybridized carbons (Fsp3) is 0.333. The zero-order chi connectivity index (χ0) is 18.9. The van der Waals surface area contributed by atoms with Gasteiger partial charge in [0.15, 0.2) is 6.10 Å². The van der Waals surface area contributed by atoms with Gasteiger partial charge in [-0.1, -0.05) is 43.2 Å². The molecule has 5 heteroatoms. The number of carbonyl (C=O) groups excluding carboxylic acids is 2. The Morgan fingerprint density at radius 2 is 1.77 bits per heavy atom. The summed E-state index contributed by atoms with van der Waals surface area (Å²) in [6.07, 6.45) is 1.24. The molecule has 2 amide bonds. The predicted molar refractivity (Wildman–Crippen MR) is 104 cm³/mol. The lowest BCUT2D eigenvalue weighted by Gasteiger charge is -2.16. The van der Waals surface area contributed by atoms with Crippen LogP contribution in [0.4, 0.5) is 5.69 Å². The van der Waals surface area contributed by atoms with E-state index in [9.17, 15) is 9.59 Å². The number of para-hydroxylation sites is 1. The van der Waals surface area contributed by atoms with Crippen molar-refractivity contribution in [3.63, 3.8) is 0 Å². The van der Waals surface area contributed by atoms with E-state index in [1.807, 2.05) is 31.2 Å². The number of ether oxygens (including phenoxy) is 1. The smallest absolute Gasteiger partial charge is 0.265 e. The number of aryl methyl sites for hydroxylation is 1. The normalized spacial score (nSPS) is 11.5. The van der Waals surface area contributed by atoms with Crippen LogP contribution in [0.25, 0.3) is 0 Å². The summed E-state index contributed by atoms with van der Waals surface area (Å²) in [6, 6.07) is 14.5. The van der Waals surface area contributed by atoms with Crippen molar-refractivity contribution in [2.24, 2.45) is 0 Å². The third kappa shape index (κ3) is 5.62. The van der Waals surface area contributed by atoms with Gasteiger partial charge in [-0.2, -0.15) is 0 Å². The number of benzene rings is 2. The molecular formula is C21H26N2O3. The number of hydrogen-bond acceptors (Lipinski definition) is 3. The maximum atomic E-state index is 12.5. The van der Waals surface area contributed by atoms with Gasteiger partial charge in [0, 0.05) is 6.54 Å². The molecule has 0 saturated heterocycles. The summed E-state index contributed by atoms with van der Waals surface area (Å²) in [6.45, 7) is 6.35. The SMILES string of the molecule is CCCCNC(=O)c1ccccc1NC(=O)[C@H](C)Oc1ccc(C)cc1. The molecule has 0 spiro atoms. The van der Waals surface area contributed by atoms with Crippen LogP contribution < -0.4 is 15.4 Å². The standard InChI is InChI=1S/C21H26N2O3/c1-4-5-14-22-21(25)18-8-6-7-9-19(18)23-20(24)16(3)26-17-12-10-15(2)11-13-17/h6-13,16H,4-5,14H2,1-3H3,(H,22,25)(H,23,24)/t16-/m0/s1. The Bertz CT molecular complexity index is 741. The van der Waals surface area contributed by atoms with E-state index in [0.29, 0.717) is 23.5 Å². The minimum absolute atomic E-state index is 0.193. The van der Waals surface area contributed by atoms with E-state index in [-0.39, 0.29) is 11.8 Å². The number of anilines is 1. The highest BCUT2D eigenvalue weighted by atomic mass is 16.5. The maximum absolute atomic E-state index is 12.5. The Morgan fingerprint density at radius 3 is 2.46 bits per heavy atom. The second-order valence-corrected chi connectivity index (χ2v) is 6.22. The minimum Gasteiger partial charge on any atom is -0.481 e. The summed E-state index contributed by atoms with van der Waals surface area (Å²) in [5, 5.41) is 5.65. The summed E-state index contributed by atoms with van der Waals surface area (Å²) in [7, 11) is 0. The number of amides is 2. The molecule has 0 heterocycles. The first-order valence-corrected chi connectivity index (χ1v) is 8.92. The Balaban J connectivity index is 2.01. The fourth-order valence-electron chi connectivity index (χ4n) is 2.37. The largest absolute Gasteiger partial charge is 0.481 e. The highest BCUT2D eigenvalue weighted by Crippen LogP contribution is 2.17. The lowest BCUT2D eigenvalue weighted by Crippen LogP contribution is -2.32.